The standard InChI is InChI=1S/C41H57N5O9S.CO2/c1-26-43-32(25-56-26)35(36(48)49)45-55-34(39(2,3)4)24-52-30-19-16-27(17-20-30)28-15-18-29(46(11)23-28)22-33(47)31(44-38(51)54-41(8,9)10)14-12-13-21-42-37(50)53-40(5,6)7;2-1-3/h15-20,23,25,31,34H,12-14,21-22,24H2,1-11H3,(H2-,42,44,48,49,50,51);/p+1/b45-35-;/t31-,34-;/m0./s1. The van der Waals surface area contributed by atoms with Crippen LogP contribution in [0.2, 0.25) is 0 Å². The number of aromatic nitrogens is 2. The number of unbranched alkanes of at least 4 members (excludes halogenated alkanes) is 1. The van der Waals surface area contributed by atoms with Crippen LogP contribution in [0.1, 0.15) is 98.0 Å². The van der Waals surface area contributed by atoms with Gasteiger partial charge in [-0.25, -0.2) is 23.9 Å². The number of aliphatic carboxylic acids is 1. The molecule has 0 bridgehead atoms. The van der Waals surface area contributed by atoms with Gasteiger partial charge in [-0.2, -0.15) is 9.59 Å². The number of benzene rings is 1. The van der Waals surface area contributed by atoms with Gasteiger partial charge in [0, 0.05) is 29.0 Å². The predicted molar refractivity (Wildman–Crippen MR) is 219 cm³/mol. The number of thiazole rings is 1. The molecule has 1 aromatic carbocycles. The van der Waals surface area contributed by atoms with Crippen molar-refractivity contribution in [2.24, 2.45) is 17.6 Å². The number of ether oxygens (including phenoxy) is 3. The molecule has 2 aromatic heterocycles. The van der Waals surface area contributed by atoms with E-state index in [1.54, 1.807) is 53.8 Å². The fourth-order valence-corrected chi connectivity index (χ4v) is 5.77. The normalized spacial score (nSPS) is 12.8. The summed E-state index contributed by atoms with van der Waals surface area (Å²) in [5.74, 6) is -0.800. The smallest absolute Gasteiger partial charge is 0.408 e. The molecule has 16 nitrogen and oxygen atoms in total. The summed E-state index contributed by atoms with van der Waals surface area (Å²) < 4.78 is 18.7. The Morgan fingerprint density at radius 2 is 1.49 bits per heavy atom. The van der Waals surface area contributed by atoms with Crippen LogP contribution in [0.4, 0.5) is 9.59 Å². The summed E-state index contributed by atoms with van der Waals surface area (Å²) in [7, 11) is 1.86. The van der Waals surface area contributed by atoms with Crippen molar-refractivity contribution in [3.63, 3.8) is 0 Å². The van der Waals surface area contributed by atoms with E-state index in [4.69, 9.17) is 28.6 Å². The Kier molecular flexibility index (Phi) is 18.8. The third-order valence-electron chi connectivity index (χ3n) is 8.15. The van der Waals surface area contributed by atoms with Gasteiger partial charge in [-0.05, 0) is 91.5 Å². The first-order valence-corrected chi connectivity index (χ1v) is 19.9. The largest absolute Gasteiger partial charge is 0.490 e. The lowest BCUT2D eigenvalue weighted by molar-refractivity contribution is -0.678. The molecule has 2 atom stereocenters. The molecule has 0 fully saturated rings. The van der Waals surface area contributed by atoms with Crippen LogP contribution in [0.5, 0.6) is 5.75 Å². The topological polar surface area (TPSA) is 213 Å². The van der Waals surface area contributed by atoms with Gasteiger partial charge in [0.1, 0.15) is 36.3 Å². The van der Waals surface area contributed by atoms with Crippen molar-refractivity contribution in [3.8, 4) is 16.9 Å². The second-order valence-corrected chi connectivity index (χ2v) is 17.7. The first-order valence-electron chi connectivity index (χ1n) is 19.0. The van der Waals surface area contributed by atoms with Crippen molar-refractivity contribution in [2.75, 3.05) is 13.2 Å². The number of alkyl carbamates (subject to hydrolysis) is 2. The van der Waals surface area contributed by atoms with E-state index in [2.05, 4.69) is 20.8 Å². The third-order valence-corrected chi connectivity index (χ3v) is 8.93. The first kappa shape index (κ1) is 49.5. The Morgan fingerprint density at radius 1 is 0.898 bits per heavy atom. The molecule has 0 aliphatic rings. The van der Waals surface area contributed by atoms with E-state index >= 15 is 0 Å². The number of hydrogen-bond acceptors (Lipinski definition) is 13. The van der Waals surface area contributed by atoms with Crippen LogP contribution < -0.4 is 19.9 Å². The molecule has 0 aliphatic carbocycles. The van der Waals surface area contributed by atoms with Crippen LogP contribution in [0.15, 0.2) is 53.1 Å². The first-order chi connectivity index (χ1) is 27.4. The SMILES string of the molecule is Cc1nc(/C(=N/O[C@@H](COc2ccc(-c3ccc(CC(=O)[C@H](CCCCNC(=O)OC(C)(C)C)NC(=O)OC(C)(C)C)[n+](C)c3)cc2)C(C)(C)C)C(=O)O)cs1.O=C=O. The quantitative estimate of drug-likeness (QED) is 0.0587. The number of pyridine rings is 1. The van der Waals surface area contributed by atoms with E-state index in [1.165, 1.54) is 11.3 Å². The lowest BCUT2D eigenvalue weighted by atomic mass is 9.89. The zero-order valence-electron chi connectivity index (χ0n) is 35.8. The highest BCUT2D eigenvalue weighted by Gasteiger charge is 2.30. The van der Waals surface area contributed by atoms with Gasteiger partial charge in [0.05, 0.1) is 17.5 Å². The van der Waals surface area contributed by atoms with E-state index in [0.717, 1.165) is 21.8 Å². The van der Waals surface area contributed by atoms with Crippen LogP contribution in [-0.2, 0) is 47.0 Å². The summed E-state index contributed by atoms with van der Waals surface area (Å²) in [6, 6.07) is 10.6. The van der Waals surface area contributed by atoms with Crippen LogP contribution >= 0.6 is 11.3 Å². The number of rotatable bonds is 17. The van der Waals surface area contributed by atoms with E-state index < -0.39 is 46.9 Å². The van der Waals surface area contributed by atoms with Crippen molar-refractivity contribution >= 4 is 47.1 Å². The number of carboxylic acid groups (broad SMARTS) is 1. The number of nitrogens with one attached hydrogen (secondary N) is 2. The number of carbonyl (C=O) groups excluding carboxylic acids is 5. The van der Waals surface area contributed by atoms with Crippen LogP contribution in [0.25, 0.3) is 11.1 Å². The van der Waals surface area contributed by atoms with Gasteiger partial charge in [-0.15, -0.1) is 11.3 Å². The number of oxime groups is 1. The highest BCUT2D eigenvalue weighted by molar-refractivity contribution is 7.09. The summed E-state index contributed by atoms with van der Waals surface area (Å²) in [5.41, 5.74) is 0.828. The Labute approximate surface area is 349 Å². The lowest BCUT2D eigenvalue weighted by Crippen LogP contribution is -2.45. The van der Waals surface area contributed by atoms with Crippen LogP contribution in [0.3, 0.4) is 0 Å². The molecule has 0 unspecified atom stereocenters. The molecule has 3 aromatic rings. The van der Waals surface area contributed by atoms with E-state index in [9.17, 15) is 24.3 Å². The molecule has 0 spiro atoms. The lowest BCUT2D eigenvalue weighted by Gasteiger charge is -2.28. The zero-order valence-corrected chi connectivity index (χ0v) is 36.6. The summed E-state index contributed by atoms with van der Waals surface area (Å²) in [6.45, 7) is 18.8. The summed E-state index contributed by atoms with van der Waals surface area (Å²) in [6.07, 6.45) is 2.06. The fourth-order valence-electron chi connectivity index (χ4n) is 5.17. The average molecular weight is 841 g/mol. The Balaban J connectivity index is 0.00000387. The number of amides is 2. The molecule has 2 amide bonds. The molecule has 3 rings (SSSR count). The fraction of sp³-hybridized carbons (Fsp3) is 0.524. The Hall–Kier alpha value is -5.67. The number of Topliss-reactive ketones (excluding diaryl/α,β-unsaturated/α-hetero) is 1. The highest BCUT2D eigenvalue weighted by atomic mass is 32.1. The number of hydrogen-bond donors (Lipinski definition) is 3. The monoisotopic (exact) mass is 840 g/mol. The van der Waals surface area contributed by atoms with Gasteiger partial charge in [-0.1, -0.05) is 38.1 Å². The van der Waals surface area contributed by atoms with Crippen molar-refractivity contribution in [1.29, 1.82) is 0 Å². The predicted octanol–water partition coefficient (Wildman–Crippen LogP) is 6.36. The summed E-state index contributed by atoms with van der Waals surface area (Å²) in [4.78, 5) is 76.3. The zero-order chi connectivity index (χ0) is 44.6. The van der Waals surface area contributed by atoms with Gasteiger partial charge in [0.2, 0.25) is 5.71 Å². The minimum Gasteiger partial charge on any atom is -0.490 e. The van der Waals surface area contributed by atoms with Gasteiger partial charge in [0.25, 0.3) is 0 Å². The number of carbonyl (C=O) groups is 4. The van der Waals surface area contributed by atoms with Crippen LogP contribution in [-0.4, -0.2) is 82.4 Å². The van der Waals surface area contributed by atoms with E-state index in [-0.39, 0.29) is 36.4 Å². The Morgan fingerprint density at radius 3 is 2.02 bits per heavy atom. The van der Waals surface area contributed by atoms with Crippen molar-refractivity contribution < 1.29 is 57.5 Å². The van der Waals surface area contributed by atoms with Gasteiger partial charge in [0.15, 0.2) is 23.8 Å². The third kappa shape index (κ3) is 18.6. The molecule has 17 heteroatoms. The second kappa shape index (κ2) is 22.5. The van der Waals surface area contributed by atoms with Crippen LogP contribution in [0, 0.1) is 12.3 Å². The van der Waals surface area contributed by atoms with E-state index in [1.807, 2.05) is 75.0 Å². The number of nitrogens with zero attached hydrogens (tertiary/aromatic N) is 3. The molecule has 3 N–H and O–H groups in total. The molecule has 0 saturated carbocycles. The van der Waals surface area contributed by atoms with Gasteiger partial charge in [-0.3, -0.25) is 4.79 Å². The van der Waals surface area contributed by atoms with E-state index in [0.29, 0.717) is 31.6 Å². The number of carboxylic acids is 1. The summed E-state index contributed by atoms with van der Waals surface area (Å²) >= 11 is 1.33. The minimum atomic E-state index is -1.23. The maximum atomic E-state index is 13.6. The van der Waals surface area contributed by atoms with Crippen molar-refractivity contribution in [2.45, 2.75) is 118 Å². The molecule has 2 heterocycles. The summed E-state index contributed by atoms with van der Waals surface area (Å²) in [5, 5.41) is 21.5. The minimum absolute atomic E-state index is 0.0820. The molecule has 0 aliphatic heterocycles. The Bertz CT molecular complexity index is 1930. The maximum absolute atomic E-state index is 13.6. The number of aryl methyl sites for hydroxylation is 2. The molecule has 0 radical (unpaired) electrons. The molecular formula is C42H58N5O11S+. The highest BCUT2D eigenvalue weighted by Crippen LogP contribution is 2.26. The van der Waals surface area contributed by atoms with Crippen molar-refractivity contribution in [1.82, 2.24) is 15.6 Å². The average Bonchev–Trinajstić information content (AvgIpc) is 3.53. The molecule has 59 heavy (non-hydrogen) atoms. The molecule has 0 saturated heterocycles. The van der Waals surface area contributed by atoms with Gasteiger partial charge >= 0.3 is 24.3 Å². The van der Waals surface area contributed by atoms with Crippen molar-refractivity contribution in [3.05, 3.63) is 64.4 Å². The molecular weight excluding hydrogens is 783 g/mol. The second-order valence-electron chi connectivity index (χ2n) is 16.7. The molecule has 322 valence electrons. The van der Waals surface area contributed by atoms with Gasteiger partial charge < -0.3 is 34.8 Å². The maximum Gasteiger partial charge on any atom is 0.408 e. The number of ketones is 1.